The van der Waals surface area contributed by atoms with E-state index in [0.29, 0.717) is 5.52 Å². The van der Waals surface area contributed by atoms with Gasteiger partial charge >= 0.3 is 0 Å². The van der Waals surface area contributed by atoms with Gasteiger partial charge in [-0.25, -0.2) is 4.98 Å². The molecular formula is C39H34N3OPt-. The number of aromatic hydroxyl groups is 1. The molecule has 3 heterocycles. The van der Waals surface area contributed by atoms with E-state index in [2.05, 4.69) is 112 Å². The summed E-state index contributed by atoms with van der Waals surface area (Å²) in [7, 11) is 0. The number of pyridine rings is 2. The number of fused-ring (bicyclic) bond motifs is 3. The van der Waals surface area contributed by atoms with Crippen LogP contribution in [0.5, 0.6) is 5.75 Å². The van der Waals surface area contributed by atoms with Crippen LogP contribution < -0.4 is 4.90 Å². The van der Waals surface area contributed by atoms with Crippen LogP contribution >= 0.6 is 0 Å². The molecular weight excluding hydrogens is 722 g/mol. The quantitative estimate of drug-likeness (QED) is 0.183. The zero-order valence-corrected chi connectivity index (χ0v) is 27.8. The van der Waals surface area contributed by atoms with Gasteiger partial charge in [-0.05, 0) is 74.8 Å². The van der Waals surface area contributed by atoms with Gasteiger partial charge in [0.15, 0.2) is 0 Å². The maximum absolute atomic E-state index is 10.9. The number of anilines is 3. The summed E-state index contributed by atoms with van der Waals surface area (Å²) in [4.78, 5) is 12.1. The molecule has 4 aromatic carbocycles. The summed E-state index contributed by atoms with van der Waals surface area (Å²) in [6, 6.07) is 38.9. The van der Waals surface area contributed by atoms with Crippen molar-refractivity contribution in [3.8, 4) is 28.1 Å². The van der Waals surface area contributed by atoms with Gasteiger partial charge in [0.1, 0.15) is 17.1 Å². The van der Waals surface area contributed by atoms with E-state index in [1.807, 2.05) is 36.5 Å². The minimum absolute atomic E-state index is 0. The standard InChI is InChI=1S/C39H34N3O.Pt/c1-38(2,3)27-21-22-40-36(24-27)42-33-14-10-9-13-30(33)39(4,5)31-18-15-26(23-34(31)42)32-19-16-29-28(25-11-7-6-8-12-25)17-20-35(43)37(29)41-32;/h6-22,24,43H,1-5H3;/q-1;. The van der Waals surface area contributed by atoms with Crippen LogP contribution in [0.1, 0.15) is 51.3 Å². The van der Waals surface area contributed by atoms with Gasteiger partial charge in [-0.3, -0.25) is 4.98 Å². The average molecular weight is 756 g/mol. The Balaban J connectivity index is 0.00000343. The number of para-hydroxylation sites is 1. The first-order chi connectivity index (χ1) is 20.6. The van der Waals surface area contributed by atoms with Crippen LogP contribution in [-0.2, 0) is 31.9 Å². The Morgan fingerprint density at radius 3 is 2.32 bits per heavy atom. The van der Waals surface area contributed by atoms with Crippen LogP contribution in [0.15, 0.2) is 109 Å². The third-order valence-corrected chi connectivity index (χ3v) is 8.68. The molecule has 1 aliphatic heterocycles. The first-order valence-electron chi connectivity index (χ1n) is 14.7. The molecule has 0 aliphatic carbocycles. The van der Waals surface area contributed by atoms with Crippen LogP contribution in [-0.4, -0.2) is 15.1 Å². The number of nitrogens with zero attached hydrogens (tertiary/aromatic N) is 3. The summed E-state index contributed by atoms with van der Waals surface area (Å²) in [6.07, 6.45) is 1.90. The summed E-state index contributed by atoms with van der Waals surface area (Å²) in [5.41, 5.74) is 9.76. The topological polar surface area (TPSA) is 49.2 Å². The molecule has 0 bridgehead atoms. The summed E-state index contributed by atoms with van der Waals surface area (Å²) < 4.78 is 0. The fourth-order valence-electron chi connectivity index (χ4n) is 6.24. The largest absolute Gasteiger partial charge is 0.506 e. The number of rotatable bonds is 3. The Morgan fingerprint density at radius 1 is 0.795 bits per heavy atom. The van der Waals surface area contributed by atoms with Gasteiger partial charge in [-0.1, -0.05) is 101 Å². The third kappa shape index (κ3) is 4.92. The van der Waals surface area contributed by atoms with Gasteiger partial charge in [-0.2, -0.15) is 0 Å². The van der Waals surface area contributed by atoms with Gasteiger partial charge in [0.2, 0.25) is 0 Å². The van der Waals surface area contributed by atoms with E-state index in [0.717, 1.165) is 45.0 Å². The molecule has 44 heavy (non-hydrogen) atoms. The monoisotopic (exact) mass is 755 g/mol. The molecule has 0 saturated heterocycles. The van der Waals surface area contributed by atoms with Gasteiger partial charge in [-0.15, -0.1) is 23.8 Å². The van der Waals surface area contributed by atoms with Gasteiger partial charge in [0, 0.05) is 38.3 Å². The average Bonchev–Trinajstić information content (AvgIpc) is 3.01. The third-order valence-electron chi connectivity index (χ3n) is 8.68. The summed E-state index contributed by atoms with van der Waals surface area (Å²) in [6.45, 7) is 11.2. The molecule has 0 amide bonds. The predicted molar refractivity (Wildman–Crippen MR) is 176 cm³/mol. The number of hydrogen-bond acceptors (Lipinski definition) is 4. The summed E-state index contributed by atoms with van der Waals surface area (Å²) >= 11 is 0. The molecule has 0 spiro atoms. The summed E-state index contributed by atoms with van der Waals surface area (Å²) in [5.74, 6) is 1.02. The molecule has 6 aromatic rings. The second kappa shape index (κ2) is 11.0. The second-order valence-electron chi connectivity index (χ2n) is 12.9. The first-order valence-corrected chi connectivity index (χ1v) is 14.7. The van der Waals surface area contributed by atoms with Crippen LogP contribution in [0.2, 0.25) is 0 Å². The molecule has 0 saturated carbocycles. The molecule has 7 rings (SSSR count). The van der Waals surface area contributed by atoms with E-state index < -0.39 is 0 Å². The molecule has 5 heteroatoms. The minimum Gasteiger partial charge on any atom is -0.506 e. The first kappa shape index (κ1) is 29.8. The van der Waals surface area contributed by atoms with Crippen molar-refractivity contribution in [1.82, 2.24) is 9.97 Å². The van der Waals surface area contributed by atoms with Crippen LogP contribution in [0.3, 0.4) is 0 Å². The number of hydrogen-bond donors (Lipinski definition) is 1. The van der Waals surface area contributed by atoms with E-state index in [1.165, 1.54) is 16.7 Å². The van der Waals surface area contributed by atoms with Crippen molar-refractivity contribution in [2.45, 2.75) is 45.4 Å². The van der Waals surface area contributed by atoms with Crippen molar-refractivity contribution in [2.75, 3.05) is 4.90 Å². The van der Waals surface area contributed by atoms with Crippen molar-refractivity contribution < 1.29 is 26.2 Å². The zero-order valence-electron chi connectivity index (χ0n) is 25.5. The van der Waals surface area contributed by atoms with Gasteiger partial charge in [0.05, 0.1) is 0 Å². The van der Waals surface area contributed by atoms with Crippen molar-refractivity contribution in [1.29, 1.82) is 0 Å². The predicted octanol–water partition coefficient (Wildman–Crippen LogP) is 9.87. The molecule has 0 radical (unpaired) electrons. The van der Waals surface area contributed by atoms with Gasteiger partial charge in [0.25, 0.3) is 0 Å². The fourth-order valence-corrected chi connectivity index (χ4v) is 6.24. The second-order valence-corrected chi connectivity index (χ2v) is 12.9. The molecule has 2 aromatic heterocycles. The number of aromatic nitrogens is 2. The molecule has 0 atom stereocenters. The summed E-state index contributed by atoms with van der Waals surface area (Å²) in [5, 5.41) is 11.8. The molecule has 1 N–H and O–H groups in total. The van der Waals surface area contributed by atoms with Crippen LogP contribution in [0.4, 0.5) is 17.2 Å². The van der Waals surface area contributed by atoms with E-state index >= 15 is 0 Å². The van der Waals surface area contributed by atoms with Crippen molar-refractivity contribution in [3.63, 3.8) is 0 Å². The Bertz CT molecular complexity index is 2010. The van der Waals surface area contributed by atoms with E-state index in [1.54, 1.807) is 6.07 Å². The number of phenols is 1. The van der Waals surface area contributed by atoms with Crippen molar-refractivity contribution >= 4 is 28.1 Å². The molecule has 4 nitrogen and oxygen atoms in total. The smallest absolute Gasteiger partial charge is 0.140 e. The molecule has 1 aliphatic rings. The Morgan fingerprint density at radius 2 is 1.55 bits per heavy atom. The maximum atomic E-state index is 10.9. The molecule has 0 fully saturated rings. The Labute approximate surface area is 273 Å². The molecule has 0 unspecified atom stereocenters. The van der Waals surface area contributed by atoms with Crippen LogP contribution in [0.25, 0.3) is 33.3 Å². The number of phenolic OH excluding ortho intramolecular Hbond substituents is 1. The van der Waals surface area contributed by atoms with E-state index in [-0.39, 0.29) is 37.6 Å². The maximum Gasteiger partial charge on any atom is 0.140 e. The zero-order chi connectivity index (χ0) is 29.9. The molecule has 222 valence electrons. The number of benzene rings is 4. The Kier molecular flexibility index (Phi) is 7.46. The minimum atomic E-state index is -0.237. The Hall–Kier alpha value is -4.27. The van der Waals surface area contributed by atoms with Crippen LogP contribution in [0, 0.1) is 6.07 Å². The fraction of sp³-hybridized carbons (Fsp3) is 0.179. The van der Waals surface area contributed by atoms with E-state index in [9.17, 15) is 5.11 Å². The normalized spacial score (nSPS) is 13.6. The van der Waals surface area contributed by atoms with Crippen molar-refractivity contribution in [3.05, 3.63) is 132 Å². The van der Waals surface area contributed by atoms with Crippen molar-refractivity contribution in [2.24, 2.45) is 0 Å². The van der Waals surface area contributed by atoms with E-state index in [4.69, 9.17) is 9.97 Å². The van der Waals surface area contributed by atoms with Gasteiger partial charge < -0.3 is 10.0 Å². The SMILES string of the molecule is CC(C)(C)c1ccnc(N2c3[c-]c(-c4ccc5c(-c6ccccc6)ccc(O)c5n4)ccc3C(C)(C)c3ccccc32)c1.[Pt].